The van der Waals surface area contributed by atoms with Crippen LogP contribution < -0.4 is 10.5 Å². The van der Waals surface area contributed by atoms with Crippen molar-refractivity contribution in [2.45, 2.75) is 19.8 Å². The number of hydrogen-bond donors (Lipinski definition) is 1. The van der Waals surface area contributed by atoms with Crippen LogP contribution in [0.1, 0.15) is 18.9 Å². The normalized spacial score (nSPS) is 10.5. The largest absolute Gasteiger partial charge is 0.492 e. The Bertz CT molecular complexity index is 331. The van der Waals surface area contributed by atoms with Crippen molar-refractivity contribution in [3.63, 3.8) is 0 Å². The molecule has 0 amide bonds. The van der Waals surface area contributed by atoms with Crippen molar-refractivity contribution >= 4 is 15.9 Å². The van der Waals surface area contributed by atoms with Gasteiger partial charge in [-0.25, -0.2) is 0 Å². The monoisotopic (exact) mass is 301 g/mol. The maximum absolute atomic E-state index is 5.78. The molecular weight excluding hydrogens is 282 g/mol. The van der Waals surface area contributed by atoms with Crippen LogP contribution in [0.5, 0.6) is 5.75 Å². The van der Waals surface area contributed by atoms with E-state index in [2.05, 4.69) is 22.0 Å². The average molecular weight is 302 g/mol. The summed E-state index contributed by atoms with van der Waals surface area (Å²) in [5, 5.41) is 0. The van der Waals surface area contributed by atoms with Gasteiger partial charge in [-0.15, -0.1) is 0 Å². The van der Waals surface area contributed by atoms with Crippen molar-refractivity contribution < 1.29 is 9.47 Å². The lowest BCUT2D eigenvalue weighted by molar-refractivity contribution is 0.130. The van der Waals surface area contributed by atoms with Crippen molar-refractivity contribution in [2.75, 3.05) is 26.4 Å². The molecule has 0 saturated heterocycles. The van der Waals surface area contributed by atoms with E-state index in [1.54, 1.807) is 0 Å². The lowest BCUT2D eigenvalue weighted by Gasteiger charge is -2.12. The van der Waals surface area contributed by atoms with Gasteiger partial charge in [-0.3, -0.25) is 0 Å². The van der Waals surface area contributed by atoms with E-state index >= 15 is 0 Å². The Morgan fingerprint density at radius 2 is 2.12 bits per heavy atom. The van der Waals surface area contributed by atoms with Gasteiger partial charge in [0, 0.05) is 19.6 Å². The van der Waals surface area contributed by atoms with Crippen molar-refractivity contribution in [1.82, 2.24) is 0 Å². The summed E-state index contributed by atoms with van der Waals surface area (Å²) in [5.41, 5.74) is 6.73. The van der Waals surface area contributed by atoms with E-state index in [-0.39, 0.29) is 0 Å². The van der Waals surface area contributed by atoms with Crippen LogP contribution in [0, 0.1) is 0 Å². The number of benzene rings is 1. The SMILES string of the molecule is CCOCCCOc1c(Br)cccc1CCN. The molecule has 0 aliphatic rings. The standard InChI is InChI=1S/C13H20BrNO2/c1-2-16-9-4-10-17-13-11(7-8-15)5-3-6-12(13)14/h3,5-6H,2,4,7-10,15H2,1H3. The molecule has 0 aromatic heterocycles. The van der Waals surface area contributed by atoms with Crippen LogP contribution in [-0.2, 0) is 11.2 Å². The number of halogens is 1. The van der Waals surface area contributed by atoms with E-state index in [1.165, 1.54) is 0 Å². The summed E-state index contributed by atoms with van der Waals surface area (Å²) in [5.74, 6) is 0.912. The van der Waals surface area contributed by atoms with Crippen LogP contribution in [0.4, 0.5) is 0 Å². The lowest BCUT2D eigenvalue weighted by atomic mass is 10.1. The smallest absolute Gasteiger partial charge is 0.136 e. The van der Waals surface area contributed by atoms with E-state index in [9.17, 15) is 0 Å². The van der Waals surface area contributed by atoms with Crippen LogP contribution in [0.3, 0.4) is 0 Å². The zero-order valence-corrected chi connectivity index (χ0v) is 11.8. The van der Waals surface area contributed by atoms with Crippen molar-refractivity contribution in [2.24, 2.45) is 5.73 Å². The minimum atomic E-state index is 0.631. The number of nitrogens with two attached hydrogens (primary N) is 1. The summed E-state index contributed by atoms with van der Waals surface area (Å²) in [6.45, 7) is 4.79. The fourth-order valence-electron chi connectivity index (χ4n) is 1.55. The summed E-state index contributed by atoms with van der Waals surface area (Å²) < 4.78 is 12.0. The van der Waals surface area contributed by atoms with Gasteiger partial charge in [-0.2, -0.15) is 0 Å². The first-order valence-corrected chi connectivity index (χ1v) is 6.77. The van der Waals surface area contributed by atoms with E-state index in [1.807, 2.05) is 19.1 Å². The Kier molecular flexibility index (Phi) is 7.24. The first-order chi connectivity index (χ1) is 8.29. The second-order valence-electron chi connectivity index (χ2n) is 3.67. The molecule has 1 rings (SSSR count). The van der Waals surface area contributed by atoms with Crippen LogP contribution in [0.15, 0.2) is 22.7 Å². The van der Waals surface area contributed by atoms with Crippen LogP contribution in [0.2, 0.25) is 0 Å². The third-order valence-electron chi connectivity index (χ3n) is 2.35. The number of hydrogen-bond acceptors (Lipinski definition) is 3. The van der Waals surface area contributed by atoms with E-state index in [0.717, 1.165) is 41.8 Å². The van der Waals surface area contributed by atoms with Gasteiger partial charge >= 0.3 is 0 Å². The molecule has 0 atom stereocenters. The zero-order valence-electron chi connectivity index (χ0n) is 10.2. The summed E-state index contributed by atoms with van der Waals surface area (Å²) >= 11 is 3.50. The Morgan fingerprint density at radius 3 is 2.82 bits per heavy atom. The lowest BCUT2D eigenvalue weighted by Crippen LogP contribution is -2.08. The molecule has 0 aliphatic carbocycles. The molecule has 96 valence electrons. The second-order valence-corrected chi connectivity index (χ2v) is 4.52. The summed E-state index contributed by atoms with van der Waals surface area (Å²) in [4.78, 5) is 0. The highest BCUT2D eigenvalue weighted by Gasteiger charge is 2.07. The molecule has 0 heterocycles. The summed E-state index contributed by atoms with van der Waals surface area (Å²) in [7, 11) is 0. The van der Waals surface area contributed by atoms with Gasteiger partial charge in [0.2, 0.25) is 0 Å². The van der Waals surface area contributed by atoms with Gasteiger partial charge in [0.05, 0.1) is 11.1 Å². The Labute approximate surface area is 111 Å². The maximum atomic E-state index is 5.78. The van der Waals surface area contributed by atoms with Crippen molar-refractivity contribution in [3.05, 3.63) is 28.2 Å². The second kappa shape index (κ2) is 8.50. The van der Waals surface area contributed by atoms with E-state index in [0.29, 0.717) is 13.2 Å². The molecule has 0 spiro atoms. The molecule has 0 bridgehead atoms. The Morgan fingerprint density at radius 1 is 1.29 bits per heavy atom. The minimum absolute atomic E-state index is 0.631. The molecule has 1 aromatic rings. The molecular formula is C13H20BrNO2. The van der Waals surface area contributed by atoms with E-state index < -0.39 is 0 Å². The number of rotatable bonds is 8. The molecule has 0 fully saturated rings. The quantitative estimate of drug-likeness (QED) is 0.751. The highest BCUT2D eigenvalue weighted by atomic mass is 79.9. The van der Waals surface area contributed by atoms with Crippen LogP contribution >= 0.6 is 15.9 Å². The molecule has 2 N–H and O–H groups in total. The van der Waals surface area contributed by atoms with Crippen molar-refractivity contribution in [3.8, 4) is 5.75 Å². The summed E-state index contributed by atoms with van der Waals surface area (Å²) in [6.07, 6.45) is 1.73. The Balaban J connectivity index is 2.50. The third-order valence-corrected chi connectivity index (χ3v) is 2.97. The maximum Gasteiger partial charge on any atom is 0.136 e. The fourth-order valence-corrected chi connectivity index (χ4v) is 2.07. The molecule has 3 nitrogen and oxygen atoms in total. The van der Waals surface area contributed by atoms with Gasteiger partial charge in [-0.05, 0) is 47.4 Å². The topological polar surface area (TPSA) is 44.5 Å². The molecule has 1 aromatic carbocycles. The van der Waals surface area contributed by atoms with Gasteiger partial charge < -0.3 is 15.2 Å². The number of ether oxygens (including phenoxy) is 2. The minimum Gasteiger partial charge on any atom is -0.492 e. The van der Waals surface area contributed by atoms with Crippen molar-refractivity contribution in [1.29, 1.82) is 0 Å². The van der Waals surface area contributed by atoms with E-state index in [4.69, 9.17) is 15.2 Å². The molecule has 4 heteroatoms. The highest BCUT2D eigenvalue weighted by molar-refractivity contribution is 9.10. The summed E-state index contributed by atoms with van der Waals surface area (Å²) in [6, 6.07) is 6.04. The van der Waals surface area contributed by atoms with Crippen LogP contribution in [-0.4, -0.2) is 26.4 Å². The fraction of sp³-hybridized carbons (Fsp3) is 0.538. The molecule has 0 radical (unpaired) electrons. The molecule has 0 unspecified atom stereocenters. The molecule has 0 aliphatic heterocycles. The average Bonchev–Trinajstić information content (AvgIpc) is 2.32. The molecule has 17 heavy (non-hydrogen) atoms. The first kappa shape index (κ1) is 14.5. The number of para-hydroxylation sites is 1. The van der Waals surface area contributed by atoms with Gasteiger partial charge in [0.25, 0.3) is 0 Å². The molecule has 0 saturated carbocycles. The van der Waals surface area contributed by atoms with Gasteiger partial charge in [0.15, 0.2) is 0 Å². The third kappa shape index (κ3) is 5.06. The first-order valence-electron chi connectivity index (χ1n) is 5.97. The van der Waals surface area contributed by atoms with Gasteiger partial charge in [0.1, 0.15) is 5.75 Å². The zero-order chi connectivity index (χ0) is 12.5. The Hall–Kier alpha value is -0.580. The predicted octanol–water partition coefficient (Wildman–Crippen LogP) is 2.76. The van der Waals surface area contributed by atoms with Gasteiger partial charge in [-0.1, -0.05) is 12.1 Å². The predicted molar refractivity (Wildman–Crippen MR) is 73.5 cm³/mol. The highest BCUT2D eigenvalue weighted by Crippen LogP contribution is 2.29. The van der Waals surface area contributed by atoms with Crippen LogP contribution in [0.25, 0.3) is 0 Å².